The largest absolute Gasteiger partial charge is 0.490 e. The maximum absolute atomic E-state index is 12.3. The molecule has 2 heterocycles. The van der Waals surface area contributed by atoms with Crippen LogP contribution >= 0.6 is 23.1 Å². The smallest absolute Gasteiger partial charge is 0.238 e. The number of carbonyl (C=O) groups is 1. The zero-order valence-corrected chi connectivity index (χ0v) is 14.7. The van der Waals surface area contributed by atoms with Crippen molar-refractivity contribution in [2.24, 2.45) is 0 Å². The molecular weight excluding hydrogens is 344 g/mol. The van der Waals surface area contributed by atoms with Crippen LogP contribution in [-0.4, -0.2) is 24.4 Å². The van der Waals surface area contributed by atoms with Gasteiger partial charge in [-0.2, -0.15) is 5.26 Å². The topological polar surface area (TPSA) is 71.3 Å². The molecule has 0 saturated carbocycles. The van der Waals surface area contributed by atoms with Gasteiger partial charge in [0, 0.05) is 11.3 Å². The Bertz CT molecular complexity index is 782. The maximum Gasteiger partial charge on any atom is 0.238 e. The summed E-state index contributed by atoms with van der Waals surface area (Å²) < 4.78 is 11.3. The number of hydrogen-bond acceptors (Lipinski definition) is 6. The van der Waals surface area contributed by atoms with Gasteiger partial charge in [0.15, 0.2) is 11.5 Å². The van der Waals surface area contributed by atoms with E-state index >= 15 is 0 Å². The number of benzene rings is 1. The molecule has 7 heteroatoms. The van der Waals surface area contributed by atoms with Crippen molar-refractivity contribution >= 4 is 34.0 Å². The number of thiophene rings is 1. The fourth-order valence-electron chi connectivity index (χ4n) is 2.18. The second-order valence-corrected chi connectivity index (χ2v) is 7.51. The lowest BCUT2D eigenvalue weighted by Crippen LogP contribution is -2.22. The molecule has 0 aliphatic carbocycles. The van der Waals surface area contributed by atoms with E-state index in [0.717, 1.165) is 22.8 Å². The second-order valence-electron chi connectivity index (χ2n) is 5.18. The van der Waals surface area contributed by atoms with Crippen molar-refractivity contribution in [2.45, 2.75) is 23.5 Å². The fourth-order valence-corrected chi connectivity index (χ4v) is 3.82. The fraction of sp³-hybridized carbons (Fsp3) is 0.294. The van der Waals surface area contributed by atoms with Gasteiger partial charge >= 0.3 is 0 Å². The molecule has 1 amide bonds. The van der Waals surface area contributed by atoms with Crippen LogP contribution in [0.15, 0.2) is 34.5 Å². The zero-order chi connectivity index (χ0) is 16.9. The third-order valence-electron chi connectivity index (χ3n) is 3.42. The summed E-state index contributed by atoms with van der Waals surface area (Å²) in [5, 5.41) is 13.9. The Balaban J connectivity index is 1.66. The predicted octanol–water partition coefficient (Wildman–Crippen LogP) is 3.90. The number of carbonyl (C=O) groups excluding carboxylic acids is 1. The summed E-state index contributed by atoms with van der Waals surface area (Å²) in [6.07, 6.45) is 0.859. The minimum Gasteiger partial charge on any atom is -0.490 e. The molecular formula is C17H16N2O3S2. The molecule has 1 aromatic carbocycles. The average molecular weight is 360 g/mol. The van der Waals surface area contributed by atoms with E-state index in [1.165, 1.54) is 23.1 Å². The summed E-state index contributed by atoms with van der Waals surface area (Å²) in [5.74, 6) is 1.33. The van der Waals surface area contributed by atoms with Crippen molar-refractivity contribution in [2.75, 3.05) is 18.5 Å². The maximum atomic E-state index is 12.3. The number of nitrogens with zero attached hydrogens (tertiary/aromatic N) is 1. The van der Waals surface area contributed by atoms with Crippen LogP contribution < -0.4 is 14.8 Å². The van der Waals surface area contributed by atoms with Crippen LogP contribution in [0.3, 0.4) is 0 Å². The lowest BCUT2D eigenvalue weighted by Gasteiger charge is -2.13. The van der Waals surface area contributed by atoms with Crippen molar-refractivity contribution in [3.63, 3.8) is 0 Å². The molecule has 1 N–H and O–H groups in total. The van der Waals surface area contributed by atoms with Crippen LogP contribution in [0.25, 0.3) is 0 Å². The van der Waals surface area contributed by atoms with Gasteiger partial charge in [-0.1, -0.05) is 0 Å². The molecule has 1 aromatic heterocycles. The van der Waals surface area contributed by atoms with E-state index in [9.17, 15) is 4.79 Å². The Kier molecular flexibility index (Phi) is 5.28. The van der Waals surface area contributed by atoms with Crippen molar-refractivity contribution in [3.8, 4) is 17.6 Å². The molecule has 0 spiro atoms. The van der Waals surface area contributed by atoms with Crippen LogP contribution in [0, 0.1) is 11.3 Å². The standard InChI is InChI=1S/C17H16N2O3S2/c1-11(16(20)19-17-12(10-18)5-8-23-17)24-13-3-4-14-15(9-13)22-7-2-6-21-14/h3-5,8-9,11H,2,6-7H2,1H3,(H,19,20)/t11-/m1/s1. The first-order valence-corrected chi connectivity index (χ1v) is 9.28. The van der Waals surface area contributed by atoms with E-state index in [1.54, 1.807) is 11.4 Å². The van der Waals surface area contributed by atoms with Gasteiger partial charge in [-0.15, -0.1) is 23.1 Å². The van der Waals surface area contributed by atoms with Gasteiger partial charge in [0.1, 0.15) is 11.1 Å². The summed E-state index contributed by atoms with van der Waals surface area (Å²) in [7, 11) is 0. The Morgan fingerprint density at radius 2 is 2.12 bits per heavy atom. The average Bonchev–Trinajstić information content (AvgIpc) is 2.89. The van der Waals surface area contributed by atoms with Gasteiger partial charge in [-0.3, -0.25) is 4.79 Å². The number of ether oxygens (including phenoxy) is 2. The lowest BCUT2D eigenvalue weighted by molar-refractivity contribution is -0.115. The number of nitriles is 1. The van der Waals surface area contributed by atoms with Gasteiger partial charge in [0.2, 0.25) is 5.91 Å². The number of fused-ring (bicyclic) bond motifs is 1. The molecule has 124 valence electrons. The minimum atomic E-state index is -0.302. The normalized spacial score (nSPS) is 14.3. The van der Waals surface area contributed by atoms with E-state index in [-0.39, 0.29) is 11.2 Å². The molecule has 24 heavy (non-hydrogen) atoms. The number of rotatable bonds is 4. The summed E-state index contributed by atoms with van der Waals surface area (Å²) in [6.45, 7) is 3.12. The zero-order valence-electron chi connectivity index (χ0n) is 13.1. The number of hydrogen-bond donors (Lipinski definition) is 1. The first-order valence-electron chi connectivity index (χ1n) is 7.52. The Morgan fingerprint density at radius 3 is 2.92 bits per heavy atom. The Morgan fingerprint density at radius 1 is 1.33 bits per heavy atom. The summed E-state index contributed by atoms with van der Waals surface area (Å²) in [6, 6.07) is 9.47. The van der Waals surface area contributed by atoms with Crippen LogP contribution in [0.1, 0.15) is 18.9 Å². The summed E-state index contributed by atoms with van der Waals surface area (Å²) >= 11 is 2.79. The third kappa shape index (κ3) is 3.83. The molecule has 3 rings (SSSR count). The number of nitrogens with one attached hydrogen (secondary N) is 1. The second kappa shape index (κ2) is 7.60. The molecule has 0 fully saturated rings. The molecule has 0 bridgehead atoms. The molecule has 0 saturated heterocycles. The number of amides is 1. The highest BCUT2D eigenvalue weighted by molar-refractivity contribution is 8.00. The van der Waals surface area contributed by atoms with Crippen molar-refractivity contribution in [1.82, 2.24) is 0 Å². The SMILES string of the molecule is C[C@@H](Sc1ccc2c(c1)OCCCO2)C(=O)Nc1sccc1C#N. The lowest BCUT2D eigenvalue weighted by atomic mass is 10.3. The van der Waals surface area contributed by atoms with Crippen LogP contribution in [0.4, 0.5) is 5.00 Å². The Hall–Kier alpha value is -2.17. The molecule has 0 radical (unpaired) electrons. The molecule has 5 nitrogen and oxygen atoms in total. The highest BCUT2D eigenvalue weighted by Crippen LogP contribution is 2.35. The predicted molar refractivity (Wildman–Crippen MR) is 95.0 cm³/mol. The van der Waals surface area contributed by atoms with Gasteiger partial charge in [0.05, 0.1) is 24.0 Å². The van der Waals surface area contributed by atoms with E-state index in [4.69, 9.17) is 14.7 Å². The van der Waals surface area contributed by atoms with Gasteiger partial charge in [-0.05, 0) is 36.6 Å². The molecule has 0 unspecified atom stereocenters. The van der Waals surface area contributed by atoms with Crippen molar-refractivity contribution in [1.29, 1.82) is 5.26 Å². The first kappa shape index (κ1) is 16.7. The Labute approximate surface area is 148 Å². The number of thioether (sulfide) groups is 1. The first-order chi connectivity index (χ1) is 11.7. The van der Waals surface area contributed by atoms with Crippen LogP contribution in [0.2, 0.25) is 0 Å². The summed E-state index contributed by atoms with van der Waals surface area (Å²) in [4.78, 5) is 13.3. The van der Waals surface area contributed by atoms with Gasteiger partial charge in [-0.25, -0.2) is 0 Å². The van der Waals surface area contributed by atoms with E-state index < -0.39 is 0 Å². The highest BCUT2D eigenvalue weighted by Gasteiger charge is 2.18. The third-order valence-corrected chi connectivity index (χ3v) is 5.35. The van der Waals surface area contributed by atoms with Gasteiger partial charge in [0.25, 0.3) is 0 Å². The summed E-state index contributed by atoms with van der Waals surface area (Å²) in [5.41, 5.74) is 0.487. The molecule has 1 aliphatic heterocycles. The number of anilines is 1. The van der Waals surface area contributed by atoms with Crippen molar-refractivity contribution < 1.29 is 14.3 Å². The van der Waals surface area contributed by atoms with Crippen molar-refractivity contribution in [3.05, 3.63) is 35.2 Å². The minimum absolute atomic E-state index is 0.133. The molecule has 1 aliphatic rings. The van der Waals surface area contributed by atoms with E-state index in [2.05, 4.69) is 11.4 Å². The van der Waals surface area contributed by atoms with Crippen LogP contribution in [0.5, 0.6) is 11.5 Å². The highest BCUT2D eigenvalue weighted by atomic mass is 32.2. The van der Waals surface area contributed by atoms with Gasteiger partial charge < -0.3 is 14.8 Å². The van der Waals surface area contributed by atoms with E-state index in [1.807, 2.05) is 25.1 Å². The molecule has 2 aromatic rings. The van der Waals surface area contributed by atoms with E-state index in [0.29, 0.717) is 23.8 Å². The quantitative estimate of drug-likeness (QED) is 0.837. The van der Waals surface area contributed by atoms with Crippen LogP contribution in [-0.2, 0) is 4.79 Å². The molecule has 1 atom stereocenters. The monoisotopic (exact) mass is 360 g/mol.